The highest BCUT2D eigenvalue weighted by Gasteiger charge is 2.25. The van der Waals surface area contributed by atoms with Crippen molar-refractivity contribution >= 4 is 40.1 Å². The number of rotatable bonds is 6. The number of anilines is 1. The third kappa shape index (κ3) is 5.43. The monoisotopic (exact) mass is 450 g/mol. The summed E-state index contributed by atoms with van der Waals surface area (Å²) in [6.45, 7) is 2.80. The molecule has 2 fully saturated rings. The highest BCUT2D eigenvalue weighted by molar-refractivity contribution is 9.10. The zero-order valence-corrected chi connectivity index (χ0v) is 17.4. The summed E-state index contributed by atoms with van der Waals surface area (Å²) in [5.74, 6) is 0.933. The molecule has 0 spiro atoms. The van der Waals surface area contributed by atoms with Gasteiger partial charge in [0.05, 0.1) is 5.56 Å². The molecular weight excluding hydrogens is 428 g/mol. The van der Waals surface area contributed by atoms with E-state index in [4.69, 9.17) is 0 Å². The lowest BCUT2D eigenvalue weighted by Gasteiger charge is -2.18. The summed E-state index contributed by atoms with van der Waals surface area (Å²) in [5, 5.41) is 6.62. The Morgan fingerprint density at radius 3 is 2.56 bits per heavy atom. The summed E-state index contributed by atoms with van der Waals surface area (Å²) in [4.78, 5) is 18.8. The third-order valence-corrected chi connectivity index (χ3v) is 5.47. The fraction of sp³-hybridized carbons (Fsp3) is 0.400. The van der Waals surface area contributed by atoms with Gasteiger partial charge in [0.15, 0.2) is 0 Å². The van der Waals surface area contributed by atoms with E-state index in [9.17, 15) is 4.79 Å². The molecule has 1 atom stereocenters. The van der Waals surface area contributed by atoms with Crippen LogP contribution in [0.3, 0.4) is 0 Å². The van der Waals surface area contributed by atoms with Crippen LogP contribution in [0.25, 0.3) is 0 Å². The standard InChI is InChI=1S/C20H23BrN4O.ClH/c21-16-4-1-14(2-5-16)11-22-18-9-10-25(13-18)19-8-3-15(12-23-19)20(26)24-17-6-7-17;/h1-5,8,12,17-18,22H,6-7,9-11,13H2,(H,24,26);1H. The molecule has 1 unspecified atom stereocenters. The molecule has 144 valence electrons. The largest absolute Gasteiger partial charge is 0.355 e. The topological polar surface area (TPSA) is 57.3 Å². The lowest BCUT2D eigenvalue weighted by atomic mass is 10.2. The van der Waals surface area contributed by atoms with Crippen molar-refractivity contribution in [2.24, 2.45) is 0 Å². The molecule has 1 aliphatic heterocycles. The SMILES string of the molecule is Cl.O=C(NC1CC1)c1ccc(N2CCC(NCc3ccc(Br)cc3)C2)nc1. The number of nitrogens with one attached hydrogen (secondary N) is 2. The number of pyridine rings is 1. The molecule has 2 N–H and O–H groups in total. The summed E-state index contributed by atoms with van der Waals surface area (Å²) in [6.07, 6.45) is 4.98. The number of benzene rings is 1. The molecule has 0 bridgehead atoms. The van der Waals surface area contributed by atoms with Crippen LogP contribution in [0.2, 0.25) is 0 Å². The van der Waals surface area contributed by atoms with Gasteiger partial charge < -0.3 is 15.5 Å². The maximum absolute atomic E-state index is 12.0. The maximum Gasteiger partial charge on any atom is 0.253 e. The maximum atomic E-state index is 12.0. The number of nitrogens with zero attached hydrogens (tertiary/aromatic N) is 2. The average molecular weight is 452 g/mol. The first-order valence-electron chi connectivity index (χ1n) is 9.17. The van der Waals surface area contributed by atoms with Crippen molar-refractivity contribution in [3.8, 4) is 0 Å². The minimum atomic E-state index is -0.0120. The van der Waals surface area contributed by atoms with Crippen molar-refractivity contribution in [1.82, 2.24) is 15.6 Å². The molecule has 2 aliphatic rings. The van der Waals surface area contributed by atoms with E-state index in [2.05, 4.69) is 60.7 Å². The predicted molar refractivity (Wildman–Crippen MR) is 114 cm³/mol. The molecule has 1 aromatic heterocycles. The van der Waals surface area contributed by atoms with E-state index in [1.54, 1.807) is 6.20 Å². The highest BCUT2D eigenvalue weighted by atomic mass is 79.9. The lowest BCUT2D eigenvalue weighted by Crippen LogP contribution is -2.32. The fourth-order valence-corrected chi connectivity index (χ4v) is 3.47. The summed E-state index contributed by atoms with van der Waals surface area (Å²) >= 11 is 3.47. The Morgan fingerprint density at radius 2 is 1.89 bits per heavy atom. The molecule has 1 aliphatic carbocycles. The second kappa shape index (κ2) is 9.04. The molecule has 5 nitrogen and oxygen atoms in total. The number of carbonyl (C=O) groups excluding carboxylic acids is 1. The minimum Gasteiger partial charge on any atom is -0.355 e. The molecule has 4 rings (SSSR count). The Morgan fingerprint density at radius 1 is 1.11 bits per heavy atom. The van der Waals surface area contributed by atoms with Gasteiger partial charge in [0.2, 0.25) is 0 Å². The molecule has 7 heteroatoms. The second-order valence-corrected chi connectivity index (χ2v) is 8.01. The van der Waals surface area contributed by atoms with Gasteiger partial charge in [-0.15, -0.1) is 12.4 Å². The van der Waals surface area contributed by atoms with Gasteiger partial charge in [0, 0.05) is 42.4 Å². The van der Waals surface area contributed by atoms with E-state index in [1.807, 2.05) is 12.1 Å². The van der Waals surface area contributed by atoms with Gasteiger partial charge in [-0.3, -0.25) is 4.79 Å². The van der Waals surface area contributed by atoms with Crippen molar-refractivity contribution in [2.45, 2.75) is 37.9 Å². The number of amides is 1. The van der Waals surface area contributed by atoms with Crippen LogP contribution in [0.5, 0.6) is 0 Å². The number of hydrogen-bond donors (Lipinski definition) is 2. The van der Waals surface area contributed by atoms with Gasteiger partial charge in [-0.2, -0.15) is 0 Å². The fourth-order valence-electron chi connectivity index (χ4n) is 3.20. The average Bonchev–Trinajstić information content (AvgIpc) is 3.35. The van der Waals surface area contributed by atoms with E-state index in [1.165, 1.54) is 5.56 Å². The normalized spacial score (nSPS) is 18.9. The van der Waals surface area contributed by atoms with Crippen LogP contribution in [-0.4, -0.2) is 36.1 Å². The van der Waals surface area contributed by atoms with Gasteiger partial charge in [0.1, 0.15) is 5.82 Å². The first-order chi connectivity index (χ1) is 12.7. The summed E-state index contributed by atoms with van der Waals surface area (Å²) < 4.78 is 1.11. The minimum absolute atomic E-state index is 0. The molecule has 1 amide bonds. The van der Waals surface area contributed by atoms with Crippen LogP contribution >= 0.6 is 28.3 Å². The van der Waals surface area contributed by atoms with E-state index in [-0.39, 0.29) is 18.3 Å². The van der Waals surface area contributed by atoms with Crippen LogP contribution in [0, 0.1) is 0 Å². The molecule has 2 heterocycles. The Balaban J connectivity index is 0.00000210. The van der Waals surface area contributed by atoms with Crippen LogP contribution in [-0.2, 0) is 6.54 Å². The zero-order chi connectivity index (χ0) is 17.9. The molecule has 27 heavy (non-hydrogen) atoms. The van der Waals surface area contributed by atoms with Gasteiger partial charge >= 0.3 is 0 Å². The third-order valence-electron chi connectivity index (χ3n) is 4.94. The van der Waals surface area contributed by atoms with Gasteiger partial charge in [-0.05, 0) is 49.1 Å². The predicted octanol–water partition coefficient (Wildman–Crippen LogP) is 3.53. The summed E-state index contributed by atoms with van der Waals surface area (Å²) in [5.41, 5.74) is 1.93. The first kappa shape index (κ1) is 20.1. The van der Waals surface area contributed by atoms with Crippen LogP contribution in [0.1, 0.15) is 35.2 Å². The Kier molecular flexibility index (Phi) is 6.73. The molecule has 1 saturated heterocycles. The first-order valence-corrected chi connectivity index (χ1v) is 9.96. The smallest absolute Gasteiger partial charge is 0.253 e. The van der Waals surface area contributed by atoms with Crippen molar-refractivity contribution in [2.75, 3.05) is 18.0 Å². The van der Waals surface area contributed by atoms with E-state index < -0.39 is 0 Å². The van der Waals surface area contributed by atoms with E-state index in [0.29, 0.717) is 17.6 Å². The lowest BCUT2D eigenvalue weighted by molar-refractivity contribution is 0.0950. The van der Waals surface area contributed by atoms with Gasteiger partial charge in [0.25, 0.3) is 5.91 Å². The van der Waals surface area contributed by atoms with Crippen molar-refractivity contribution in [3.05, 3.63) is 58.2 Å². The van der Waals surface area contributed by atoms with Crippen molar-refractivity contribution < 1.29 is 4.79 Å². The van der Waals surface area contributed by atoms with Crippen molar-refractivity contribution in [3.63, 3.8) is 0 Å². The summed E-state index contributed by atoms with van der Waals surface area (Å²) in [7, 11) is 0. The zero-order valence-electron chi connectivity index (χ0n) is 15.0. The number of carbonyl (C=O) groups is 1. The van der Waals surface area contributed by atoms with Gasteiger partial charge in [-0.1, -0.05) is 28.1 Å². The Labute approximate surface area is 174 Å². The number of hydrogen-bond acceptors (Lipinski definition) is 4. The number of halogens is 2. The van der Waals surface area contributed by atoms with Crippen molar-refractivity contribution in [1.29, 1.82) is 0 Å². The summed E-state index contributed by atoms with van der Waals surface area (Å²) in [6, 6.07) is 13.1. The molecular formula is C20H24BrClN4O. The second-order valence-electron chi connectivity index (χ2n) is 7.09. The van der Waals surface area contributed by atoms with Crippen LogP contribution < -0.4 is 15.5 Å². The molecule has 0 radical (unpaired) electrons. The Bertz CT molecular complexity index is 765. The Hall–Kier alpha value is -1.63. The highest BCUT2D eigenvalue weighted by Crippen LogP contribution is 2.21. The quantitative estimate of drug-likeness (QED) is 0.705. The van der Waals surface area contributed by atoms with Gasteiger partial charge in [-0.25, -0.2) is 4.98 Å². The van der Waals surface area contributed by atoms with E-state index in [0.717, 1.165) is 49.2 Å². The van der Waals surface area contributed by atoms with Crippen LogP contribution in [0.4, 0.5) is 5.82 Å². The van der Waals surface area contributed by atoms with E-state index >= 15 is 0 Å². The number of aromatic nitrogens is 1. The van der Waals surface area contributed by atoms with Crippen LogP contribution in [0.15, 0.2) is 47.1 Å². The molecule has 1 aromatic carbocycles. The molecule has 2 aromatic rings. The molecule has 1 saturated carbocycles.